The zero-order chi connectivity index (χ0) is 16.8. The van der Waals surface area contributed by atoms with E-state index in [4.69, 9.17) is 21.1 Å². The minimum atomic E-state index is -0.649. The second kappa shape index (κ2) is 7.88. The Bertz CT molecular complexity index is 688. The lowest BCUT2D eigenvalue weighted by atomic mass is 10.2. The summed E-state index contributed by atoms with van der Waals surface area (Å²) in [7, 11) is 0. The van der Waals surface area contributed by atoms with Crippen molar-refractivity contribution in [2.45, 2.75) is 26.9 Å². The molecular weight excluding hydrogens is 314 g/mol. The molecule has 4 nitrogen and oxygen atoms in total. The van der Waals surface area contributed by atoms with Crippen LogP contribution in [0.5, 0.6) is 11.5 Å². The van der Waals surface area contributed by atoms with Crippen LogP contribution in [-0.2, 0) is 4.79 Å². The van der Waals surface area contributed by atoms with E-state index in [1.807, 2.05) is 32.0 Å². The maximum absolute atomic E-state index is 12.3. The number of rotatable bonds is 6. The molecule has 2 aromatic carbocycles. The van der Waals surface area contributed by atoms with Gasteiger partial charge in [0.15, 0.2) is 6.10 Å². The van der Waals surface area contributed by atoms with E-state index in [0.29, 0.717) is 28.8 Å². The quantitative estimate of drug-likeness (QED) is 0.849. The summed E-state index contributed by atoms with van der Waals surface area (Å²) in [6.45, 7) is 6.01. The molecule has 0 saturated heterocycles. The fraction of sp³-hybridized carbons (Fsp3) is 0.278. The van der Waals surface area contributed by atoms with Crippen molar-refractivity contribution >= 4 is 23.2 Å². The van der Waals surface area contributed by atoms with Gasteiger partial charge in [0.2, 0.25) is 0 Å². The largest absolute Gasteiger partial charge is 0.492 e. The van der Waals surface area contributed by atoms with E-state index in [0.717, 1.165) is 5.56 Å². The average Bonchev–Trinajstić information content (AvgIpc) is 2.52. The maximum atomic E-state index is 12.3. The van der Waals surface area contributed by atoms with Crippen molar-refractivity contribution < 1.29 is 14.3 Å². The first-order chi connectivity index (χ1) is 11.0. The van der Waals surface area contributed by atoms with Gasteiger partial charge >= 0.3 is 0 Å². The van der Waals surface area contributed by atoms with Crippen molar-refractivity contribution in [3.05, 3.63) is 53.1 Å². The third-order valence-corrected chi connectivity index (χ3v) is 3.49. The summed E-state index contributed by atoms with van der Waals surface area (Å²) < 4.78 is 11.2. The summed E-state index contributed by atoms with van der Waals surface area (Å²) in [5.41, 5.74) is 1.51. The Morgan fingerprint density at radius 1 is 1.22 bits per heavy atom. The average molecular weight is 334 g/mol. The standard InChI is InChI=1S/C18H20ClNO3/c1-4-22-17-8-6-5-7-15(17)20-18(21)13(3)23-16-10-9-14(19)11-12(16)2/h5-11,13H,4H2,1-3H3,(H,20,21)/t13-/m1/s1. The van der Waals surface area contributed by atoms with E-state index in [1.54, 1.807) is 31.2 Å². The van der Waals surface area contributed by atoms with Crippen molar-refractivity contribution in [1.82, 2.24) is 0 Å². The zero-order valence-corrected chi connectivity index (χ0v) is 14.2. The van der Waals surface area contributed by atoms with E-state index in [9.17, 15) is 4.79 Å². The van der Waals surface area contributed by atoms with Gasteiger partial charge in [0.05, 0.1) is 12.3 Å². The van der Waals surface area contributed by atoms with Crippen LogP contribution < -0.4 is 14.8 Å². The van der Waals surface area contributed by atoms with Crippen LogP contribution >= 0.6 is 11.6 Å². The molecule has 0 unspecified atom stereocenters. The molecule has 122 valence electrons. The summed E-state index contributed by atoms with van der Waals surface area (Å²) in [4.78, 5) is 12.3. The van der Waals surface area contributed by atoms with Crippen LogP contribution in [0.3, 0.4) is 0 Å². The molecule has 0 aliphatic heterocycles. The van der Waals surface area contributed by atoms with Crippen LogP contribution in [0.1, 0.15) is 19.4 Å². The molecule has 2 aromatic rings. The highest BCUT2D eigenvalue weighted by Crippen LogP contribution is 2.25. The number of hydrogen-bond donors (Lipinski definition) is 1. The van der Waals surface area contributed by atoms with E-state index in [1.165, 1.54) is 0 Å². The Kier molecular flexibility index (Phi) is 5.88. The third kappa shape index (κ3) is 4.63. The maximum Gasteiger partial charge on any atom is 0.265 e. The lowest BCUT2D eigenvalue weighted by molar-refractivity contribution is -0.122. The number of amides is 1. The number of anilines is 1. The first-order valence-electron chi connectivity index (χ1n) is 7.46. The highest BCUT2D eigenvalue weighted by molar-refractivity contribution is 6.30. The van der Waals surface area contributed by atoms with E-state index in [-0.39, 0.29) is 5.91 Å². The summed E-state index contributed by atoms with van der Waals surface area (Å²) in [6.07, 6.45) is -0.649. The van der Waals surface area contributed by atoms with Crippen LogP contribution in [0.25, 0.3) is 0 Å². The van der Waals surface area contributed by atoms with Crippen molar-refractivity contribution in [3.63, 3.8) is 0 Å². The van der Waals surface area contributed by atoms with Crippen molar-refractivity contribution in [1.29, 1.82) is 0 Å². The lowest BCUT2D eigenvalue weighted by Crippen LogP contribution is -2.30. The molecular formula is C18H20ClNO3. The molecule has 1 N–H and O–H groups in total. The number of hydrogen-bond acceptors (Lipinski definition) is 3. The van der Waals surface area contributed by atoms with Crippen LogP contribution in [0.15, 0.2) is 42.5 Å². The fourth-order valence-corrected chi connectivity index (χ4v) is 2.30. The zero-order valence-electron chi connectivity index (χ0n) is 13.4. The fourth-order valence-electron chi connectivity index (χ4n) is 2.07. The van der Waals surface area contributed by atoms with Gasteiger partial charge in [0, 0.05) is 5.02 Å². The van der Waals surface area contributed by atoms with E-state index >= 15 is 0 Å². The first kappa shape index (κ1) is 17.2. The normalized spacial score (nSPS) is 11.7. The molecule has 0 spiro atoms. The second-order valence-corrected chi connectivity index (χ2v) is 5.52. The van der Waals surface area contributed by atoms with Crippen LogP contribution in [0, 0.1) is 6.92 Å². The molecule has 5 heteroatoms. The molecule has 0 fully saturated rings. The van der Waals surface area contributed by atoms with Gasteiger partial charge in [-0.1, -0.05) is 23.7 Å². The van der Waals surface area contributed by atoms with Crippen molar-refractivity contribution in [3.8, 4) is 11.5 Å². The molecule has 1 atom stereocenters. The molecule has 0 aliphatic carbocycles. The van der Waals surface area contributed by atoms with Gasteiger partial charge in [0.1, 0.15) is 11.5 Å². The number of aryl methyl sites for hydroxylation is 1. The third-order valence-electron chi connectivity index (χ3n) is 3.25. The van der Waals surface area contributed by atoms with Gasteiger partial charge in [-0.05, 0) is 56.7 Å². The van der Waals surface area contributed by atoms with Gasteiger partial charge < -0.3 is 14.8 Å². The van der Waals surface area contributed by atoms with Crippen LogP contribution in [-0.4, -0.2) is 18.6 Å². The number of halogens is 1. The molecule has 0 aliphatic rings. The molecule has 1 amide bonds. The lowest BCUT2D eigenvalue weighted by Gasteiger charge is -2.17. The van der Waals surface area contributed by atoms with Crippen molar-refractivity contribution in [2.24, 2.45) is 0 Å². The molecule has 0 heterocycles. The number of carbonyl (C=O) groups excluding carboxylic acids is 1. The first-order valence-corrected chi connectivity index (χ1v) is 7.84. The number of ether oxygens (including phenoxy) is 2. The predicted molar refractivity (Wildman–Crippen MR) is 92.5 cm³/mol. The Hall–Kier alpha value is -2.20. The number of nitrogens with one attached hydrogen (secondary N) is 1. The van der Waals surface area contributed by atoms with Gasteiger partial charge in [0.25, 0.3) is 5.91 Å². The Balaban J connectivity index is 2.05. The molecule has 2 rings (SSSR count). The highest BCUT2D eigenvalue weighted by Gasteiger charge is 2.17. The molecule has 0 saturated carbocycles. The van der Waals surface area contributed by atoms with Crippen molar-refractivity contribution in [2.75, 3.05) is 11.9 Å². The Morgan fingerprint density at radius 3 is 2.65 bits per heavy atom. The topological polar surface area (TPSA) is 47.6 Å². The van der Waals surface area contributed by atoms with Crippen LogP contribution in [0.4, 0.5) is 5.69 Å². The summed E-state index contributed by atoms with van der Waals surface area (Å²) in [5.74, 6) is 1.03. The van der Waals surface area contributed by atoms with Gasteiger partial charge in [-0.2, -0.15) is 0 Å². The number of benzene rings is 2. The van der Waals surface area contributed by atoms with E-state index < -0.39 is 6.10 Å². The molecule has 23 heavy (non-hydrogen) atoms. The van der Waals surface area contributed by atoms with Gasteiger partial charge in [-0.25, -0.2) is 0 Å². The smallest absolute Gasteiger partial charge is 0.265 e. The Morgan fingerprint density at radius 2 is 1.96 bits per heavy atom. The highest BCUT2D eigenvalue weighted by atomic mass is 35.5. The SMILES string of the molecule is CCOc1ccccc1NC(=O)[C@@H](C)Oc1ccc(Cl)cc1C. The second-order valence-electron chi connectivity index (χ2n) is 5.09. The van der Waals surface area contributed by atoms with E-state index in [2.05, 4.69) is 5.32 Å². The molecule has 0 bridgehead atoms. The molecule has 0 radical (unpaired) electrons. The van der Waals surface area contributed by atoms with Crippen LogP contribution in [0.2, 0.25) is 5.02 Å². The predicted octanol–water partition coefficient (Wildman–Crippen LogP) is 4.45. The Labute approximate surface area is 141 Å². The minimum absolute atomic E-state index is 0.244. The van der Waals surface area contributed by atoms with Gasteiger partial charge in [-0.3, -0.25) is 4.79 Å². The van der Waals surface area contributed by atoms with Gasteiger partial charge in [-0.15, -0.1) is 0 Å². The number of carbonyl (C=O) groups is 1. The molecule has 0 aromatic heterocycles. The summed E-state index contributed by atoms with van der Waals surface area (Å²) in [5, 5.41) is 3.47. The minimum Gasteiger partial charge on any atom is -0.492 e. The number of para-hydroxylation sites is 2. The summed E-state index contributed by atoms with van der Waals surface area (Å²) >= 11 is 5.92. The summed E-state index contributed by atoms with van der Waals surface area (Å²) in [6, 6.07) is 12.6. The monoisotopic (exact) mass is 333 g/mol.